The molecule has 0 radical (unpaired) electrons. The molecule has 0 saturated carbocycles. The topological polar surface area (TPSA) is 120 Å². The molecule has 1 aromatic carbocycles. The van der Waals surface area contributed by atoms with Crippen molar-refractivity contribution >= 4 is 41.7 Å². The smallest absolute Gasteiger partial charge is 0.414 e. The van der Waals surface area contributed by atoms with Crippen LogP contribution < -0.4 is 16.3 Å². The maximum atomic E-state index is 9.67. The molecule has 7 nitrogen and oxygen atoms in total. The van der Waals surface area contributed by atoms with Crippen LogP contribution in [0.3, 0.4) is 0 Å². The molecule has 0 fully saturated rings. The number of halogens is 2. The summed E-state index contributed by atoms with van der Waals surface area (Å²) in [4.78, 5) is -1.05. The van der Waals surface area contributed by atoms with Crippen LogP contribution in [0.25, 0.3) is 0 Å². The van der Waals surface area contributed by atoms with Crippen molar-refractivity contribution in [3.63, 3.8) is 0 Å². The summed E-state index contributed by atoms with van der Waals surface area (Å²) in [6, 6.07) is 2.49. The fraction of sp³-hybridized carbons (Fsp3) is 0.143. The van der Waals surface area contributed by atoms with Gasteiger partial charge in [0, 0.05) is 17.4 Å². The number of rotatable bonds is 5. The summed E-state index contributed by atoms with van der Waals surface area (Å²) >= 11 is 16.1. The molecule has 0 aliphatic carbocycles. The minimum Gasteiger partial charge on any atom is -0.504 e. The van der Waals surface area contributed by atoms with E-state index in [4.69, 9.17) is 51.3 Å². The maximum absolute atomic E-state index is 9.67. The number of hydrogen-bond donors (Lipinski definition) is 4. The molecule has 102 valence electrons. The third-order valence-electron chi connectivity index (χ3n) is 1.84. The Labute approximate surface area is 117 Å². The van der Waals surface area contributed by atoms with Gasteiger partial charge in [-0.2, -0.15) is 0 Å². The largest absolute Gasteiger partial charge is 0.504 e. The lowest BCUT2D eigenvalue weighted by atomic mass is 10.2. The van der Waals surface area contributed by atoms with E-state index in [1.54, 1.807) is 0 Å². The number of alkyl halides is 2. The molecule has 1 aromatic rings. The first kappa shape index (κ1) is 15.7. The van der Waals surface area contributed by atoms with E-state index < -0.39 is 23.1 Å². The number of phenolic OH excluding ortho intramolecular Hbond substituents is 2. The van der Waals surface area contributed by atoms with Gasteiger partial charge in [-0.25, -0.2) is 21.0 Å². The molecule has 6 N–H and O–H groups in total. The van der Waals surface area contributed by atoms with E-state index in [0.717, 1.165) is 0 Å². The summed E-state index contributed by atoms with van der Waals surface area (Å²) in [5, 5.41) is 19.0. The lowest BCUT2D eigenvalue weighted by Crippen LogP contribution is -2.10. The van der Waals surface area contributed by atoms with Crippen molar-refractivity contribution in [2.45, 2.75) is 4.84 Å². The van der Waals surface area contributed by atoms with Crippen LogP contribution >= 0.6 is 29.9 Å². The van der Waals surface area contributed by atoms with Crippen LogP contribution in [0.4, 0.5) is 0 Å². The van der Waals surface area contributed by atoms with E-state index in [0.29, 0.717) is 0 Å². The monoisotopic (exact) mass is 334 g/mol. The fourth-order valence-corrected chi connectivity index (χ4v) is 2.14. The Bertz CT molecular complexity index is 481. The Kier molecular flexibility index (Phi) is 5.45. The van der Waals surface area contributed by atoms with Gasteiger partial charge in [-0.1, -0.05) is 23.2 Å². The van der Waals surface area contributed by atoms with Gasteiger partial charge in [-0.05, 0) is 12.1 Å². The second-order valence-electron chi connectivity index (χ2n) is 2.90. The zero-order valence-corrected chi connectivity index (χ0v) is 11.8. The molecule has 0 spiro atoms. The van der Waals surface area contributed by atoms with E-state index in [2.05, 4.69) is 9.25 Å². The van der Waals surface area contributed by atoms with Crippen LogP contribution in [0.2, 0.25) is 0 Å². The number of aromatic hydroxyl groups is 2. The Balaban J connectivity index is 3.29. The standard InChI is InChI=1S/C7H9Cl2N2O5PS/c8-7(9)3-1-2-4(12)5(13)6(3)14-17(18,15-10)16-11/h1-2,7,12-13H,10-11H2. The van der Waals surface area contributed by atoms with E-state index in [9.17, 15) is 10.2 Å². The summed E-state index contributed by atoms with van der Waals surface area (Å²) in [6.45, 7) is -3.52. The van der Waals surface area contributed by atoms with Gasteiger partial charge in [0.2, 0.25) is 5.75 Å². The maximum Gasteiger partial charge on any atom is 0.414 e. The first-order chi connectivity index (χ1) is 8.34. The number of benzene rings is 1. The Morgan fingerprint density at radius 2 is 1.78 bits per heavy atom. The van der Waals surface area contributed by atoms with Gasteiger partial charge in [0.25, 0.3) is 0 Å². The van der Waals surface area contributed by atoms with E-state index in [-0.39, 0.29) is 11.3 Å². The van der Waals surface area contributed by atoms with Crippen molar-refractivity contribution in [1.29, 1.82) is 0 Å². The van der Waals surface area contributed by atoms with E-state index in [1.807, 2.05) is 0 Å². The average molecular weight is 335 g/mol. The van der Waals surface area contributed by atoms with Crippen molar-refractivity contribution < 1.29 is 24.0 Å². The van der Waals surface area contributed by atoms with Gasteiger partial charge in [0.15, 0.2) is 11.5 Å². The van der Waals surface area contributed by atoms with Crippen molar-refractivity contribution in [2.24, 2.45) is 11.8 Å². The summed E-state index contributed by atoms with van der Waals surface area (Å²) < 4.78 is 13.7. The molecule has 0 amide bonds. The Hall–Kier alpha value is -0.310. The van der Waals surface area contributed by atoms with Crippen molar-refractivity contribution in [1.82, 2.24) is 0 Å². The highest BCUT2D eigenvalue weighted by atomic mass is 35.5. The zero-order chi connectivity index (χ0) is 13.9. The predicted molar refractivity (Wildman–Crippen MR) is 69.7 cm³/mol. The van der Waals surface area contributed by atoms with Crippen LogP contribution in [0.1, 0.15) is 10.4 Å². The zero-order valence-electron chi connectivity index (χ0n) is 8.62. The Morgan fingerprint density at radius 3 is 2.22 bits per heavy atom. The minimum atomic E-state index is -3.52. The fourth-order valence-electron chi connectivity index (χ4n) is 1.02. The minimum absolute atomic E-state index is 0.136. The molecular weight excluding hydrogens is 326 g/mol. The van der Waals surface area contributed by atoms with Crippen LogP contribution in [-0.2, 0) is 21.1 Å². The SMILES string of the molecule is NOP(=S)(ON)Oc1c(C(Cl)Cl)ccc(O)c1O. The Morgan fingerprint density at radius 1 is 1.22 bits per heavy atom. The summed E-state index contributed by atoms with van der Waals surface area (Å²) in [7, 11) is 0. The molecule has 0 saturated heterocycles. The summed E-state index contributed by atoms with van der Waals surface area (Å²) in [5.41, 5.74) is 0.136. The number of nitrogens with two attached hydrogens (primary N) is 2. The molecule has 11 heteroatoms. The van der Waals surface area contributed by atoms with E-state index >= 15 is 0 Å². The molecule has 0 aromatic heterocycles. The lowest BCUT2D eigenvalue weighted by Gasteiger charge is -2.20. The quantitative estimate of drug-likeness (QED) is 0.279. The van der Waals surface area contributed by atoms with Crippen molar-refractivity contribution in [3.05, 3.63) is 17.7 Å². The van der Waals surface area contributed by atoms with Gasteiger partial charge in [0.1, 0.15) is 4.84 Å². The third kappa shape index (κ3) is 3.37. The molecule has 0 aliphatic heterocycles. The number of hydrogen-bond acceptors (Lipinski definition) is 8. The van der Waals surface area contributed by atoms with Crippen LogP contribution in [0.15, 0.2) is 12.1 Å². The first-order valence-electron chi connectivity index (χ1n) is 4.24. The van der Waals surface area contributed by atoms with Crippen LogP contribution in [-0.4, -0.2) is 10.2 Å². The average Bonchev–Trinajstić information content (AvgIpc) is 2.34. The highest BCUT2D eigenvalue weighted by Gasteiger charge is 2.27. The molecular formula is C7H9Cl2N2O5PS. The highest BCUT2D eigenvalue weighted by Crippen LogP contribution is 2.53. The first-order valence-corrected chi connectivity index (χ1v) is 7.67. The van der Waals surface area contributed by atoms with Gasteiger partial charge >= 0.3 is 6.72 Å². The lowest BCUT2D eigenvalue weighted by molar-refractivity contribution is 0.206. The summed E-state index contributed by atoms with van der Waals surface area (Å²) in [6.07, 6.45) is 0. The second kappa shape index (κ2) is 6.23. The molecule has 0 aliphatic rings. The van der Waals surface area contributed by atoms with Gasteiger partial charge in [-0.3, -0.25) is 0 Å². The molecule has 0 bridgehead atoms. The molecule has 0 unspecified atom stereocenters. The van der Waals surface area contributed by atoms with Crippen molar-refractivity contribution in [2.75, 3.05) is 0 Å². The van der Waals surface area contributed by atoms with Crippen LogP contribution in [0, 0.1) is 0 Å². The van der Waals surface area contributed by atoms with E-state index in [1.165, 1.54) is 12.1 Å². The second-order valence-corrected chi connectivity index (χ2v) is 6.84. The van der Waals surface area contributed by atoms with Crippen LogP contribution in [0.5, 0.6) is 17.2 Å². The van der Waals surface area contributed by atoms with Crippen molar-refractivity contribution in [3.8, 4) is 17.2 Å². The molecule has 18 heavy (non-hydrogen) atoms. The van der Waals surface area contributed by atoms with Gasteiger partial charge in [0.05, 0.1) is 0 Å². The molecule has 0 heterocycles. The third-order valence-corrected chi connectivity index (χ3v) is 3.97. The normalized spacial score (nSPS) is 11.8. The van der Waals surface area contributed by atoms with Gasteiger partial charge in [-0.15, -0.1) is 0 Å². The molecule has 1 rings (SSSR count). The molecule has 0 atom stereocenters. The summed E-state index contributed by atoms with van der Waals surface area (Å²) in [5.74, 6) is 8.34. The number of phenols is 2. The highest BCUT2D eigenvalue weighted by molar-refractivity contribution is 8.07. The van der Waals surface area contributed by atoms with Gasteiger partial charge < -0.3 is 14.7 Å². The predicted octanol–water partition coefficient (Wildman–Crippen LogP) is 1.96.